The van der Waals surface area contributed by atoms with E-state index in [1.54, 1.807) is 41.1 Å². The molecule has 1 aliphatic heterocycles. The number of fused-ring (bicyclic) bond motifs is 1. The Hall–Kier alpha value is -3.52. The molecule has 2 aliphatic rings. The van der Waals surface area contributed by atoms with E-state index in [-0.39, 0.29) is 11.7 Å². The van der Waals surface area contributed by atoms with Crippen molar-refractivity contribution in [3.8, 4) is 5.69 Å². The van der Waals surface area contributed by atoms with Crippen LogP contribution < -0.4 is 4.90 Å². The van der Waals surface area contributed by atoms with Crippen molar-refractivity contribution < 1.29 is 9.18 Å². The summed E-state index contributed by atoms with van der Waals surface area (Å²) in [4.78, 5) is 26.9. The number of aryl methyl sites for hydroxylation is 1. The molecule has 35 heavy (non-hydrogen) atoms. The molecule has 0 unspecified atom stereocenters. The van der Waals surface area contributed by atoms with Crippen molar-refractivity contribution in [2.75, 3.05) is 31.1 Å². The first-order valence-corrected chi connectivity index (χ1v) is 12.2. The molecular weight excluding hydrogens is 467 g/mol. The molecule has 6 rings (SSSR count). The normalized spacial score (nSPS) is 16.2. The quantitative estimate of drug-likeness (QED) is 0.413. The standard InChI is InChI=1S/C26H24ClFN6O/c1-16-22-24(32-12-14-33(15-13-32)26(35)18-4-6-19(27)7-5-18)29-23(17-2-3-17)30-25(22)34(31-16)21-10-8-20(28)9-11-21/h4-11,17H,2-3,12-15H2,1H3. The van der Waals surface area contributed by atoms with E-state index in [9.17, 15) is 9.18 Å². The molecule has 4 aromatic rings. The first-order chi connectivity index (χ1) is 17.0. The summed E-state index contributed by atoms with van der Waals surface area (Å²) in [6.07, 6.45) is 2.16. The van der Waals surface area contributed by atoms with E-state index < -0.39 is 0 Å². The Morgan fingerprint density at radius 3 is 2.31 bits per heavy atom. The predicted molar refractivity (Wildman–Crippen MR) is 133 cm³/mol. The predicted octanol–water partition coefficient (Wildman–Crippen LogP) is 4.76. The number of benzene rings is 2. The second-order valence-electron chi connectivity index (χ2n) is 9.14. The fourth-order valence-electron chi connectivity index (χ4n) is 4.59. The molecule has 1 aliphatic carbocycles. The zero-order valence-corrected chi connectivity index (χ0v) is 20.0. The van der Waals surface area contributed by atoms with E-state index in [0.29, 0.717) is 42.7 Å². The molecule has 0 N–H and O–H groups in total. The van der Waals surface area contributed by atoms with Gasteiger partial charge in [0.2, 0.25) is 0 Å². The summed E-state index contributed by atoms with van der Waals surface area (Å²) in [6, 6.07) is 13.3. The highest BCUT2D eigenvalue weighted by atomic mass is 35.5. The maximum absolute atomic E-state index is 13.5. The maximum atomic E-state index is 13.5. The van der Waals surface area contributed by atoms with E-state index >= 15 is 0 Å². The van der Waals surface area contributed by atoms with E-state index in [1.807, 2.05) is 11.8 Å². The number of halogens is 2. The number of amides is 1. The first-order valence-electron chi connectivity index (χ1n) is 11.8. The molecule has 9 heteroatoms. The zero-order valence-electron chi connectivity index (χ0n) is 19.3. The van der Waals surface area contributed by atoms with Crippen LogP contribution >= 0.6 is 11.6 Å². The number of aromatic nitrogens is 4. The van der Waals surface area contributed by atoms with Crippen molar-refractivity contribution in [3.63, 3.8) is 0 Å². The molecule has 2 fully saturated rings. The number of carbonyl (C=O) groups excluding carboxylic acids is 1. The number of piperazine rings is 1. The second-order valence-corrected chi connectivity index (χ2v) is 9.57. The second kappa shape index (κ2) is 8.61. The Kier molecular flexibility index (Phi) is 5.40. The molecule has 2 aromatic carbocycles. The summed E-state index contributed by atoms with van der Waals surface area (Å²) in [5, 5.41) is 6.26. The third kappa shape index (κ3) is 4.12. The van der Waals surface area contributed by atoms with Gasteiger partial charge < -0.3 is 9.80 Å². The average Bonchev–Trinajstić information content (AvgIpc) is 3.68. The van der Waals surface area contributed by atoms with Crippen LogP contribution in [0.4, 0.5) is 10.2 Å². The molecule has 0 bridgehead atoms. The summed E-state index contributed by atoms with van der Waals surface area (Å²) in [5.41, 5.74) is 2.95. The van der Waals surface area contributed by atoms with Gasteiger partial charge in [0, 0.05) is 42.7 Å². The molecule has 3 heterocycles. The number of anilines is 1. The van der Waals surface area contributed by atoms with Gasteiger partial charge in [-0.3, -0.25) is 4.79 Å². The van der Waals surface area contributed by atoms with Crippen molar-refractivity contribution in [1.29, 1.82) is 0 Å². The van der Waals surface area contributed by atoms with Crippen LogP contribution in [-0.4, -0.2) is 56.7 Å². The van der Waals surface area contributed by atoms with E-state index in [4.69, 9.17) is 26.7 Å². The zero-order chi connectivity index (χ0) is 24.1. The SMILES string of the molecule is Cc1nn(-c2ccc(F)cc2)c2nc(C3CC3)nc(N3CCN(C(=O)c4ccc(Cl)cc4)CC3)c12. The summed E-state index contributed by atoms with van der Waals surface area (Å²) in [5.74, 6) is 1.77. The van der Waals surface area contributed by atoms with Gasteiger partial charge in [0.15, 0.2) is 5.65 Å². The minimum absolute atomic E-state index is 0.00753. The number of hydrogen-bond donors (Lipinski definition) is 0. The van der Waals surface area contributed by atoms with Crippen molar-refractivity contribution in [3.05, 3.63) is 76.5 Å². The smallest absolute Gasteiger partial charge is 0.253 e. The molecule has 1 saturated heterocycles. The summed E-state index contributed by atoms with van der Waals surface area (Å²) in [6.45, 7) is 4.47. The maximum Gasteiger partial charge on any atom is 0.253 e. The summed E-state index contributed by atoms with van der Waals surface area (Å²) >= 11 is 5.97. The number of carbonyl (C=O) groups is 1. The van der Waals surface area contributed by atoms with Gasteiger partial charge in [0.05, 0.1) is 16.8 Å². The third-order valence-electron chi connectivity index (χ3n) is 6.67. The van der Waals surface area contributed by atoms with Crippen LogP contribution in [0.25, 0.3) is 16.7 Å². The van der Waals surface area contributed by atoms with Crippen molar-refractivity contribution in [1.82, 2.24) is 24.6 Å². The Morgan fingerprint density at radius 2 is 1.66 bits per heavy atom. The number of nitrogens with zero attached hydrogens (tertiary/aromatic N) is 6. The van der Waals surface area contributed by atoms with Crippen LogP contribution in [0.3, 0.4) is 0 Å². The Balaban J connectivity index is 1.33. The first kappa shape index (κ1) is 22.0. The van der Waals surface area contributed by atoms with Gasteiger partial charge in [-0.2, -0.15) is 5.10 Å². The molecular formula is C26H24ClFN6O. The van der Waals surface area contributed by atoms with Crippen molar-refractivity contribution >= 4 is 34.4 Å². The highest BCUT2D eigenvalue weighted by Gasteiger charge is 2.31. The lowest BCUT2D eigenvalue weighted by Crippen LogP contribution is -2.49. The summed E-state index contributed by atoms with van der Waals surface area (Å²) < 4.78 is 15.3. The molecule has 1 amide bonds. The van der Waals surface area contributed by atoms with E-state index in [2.05, 4.69) is 4.90 Å². The van der Waals surface area contributed by atoms with Gasteiger partial charge in [0.25, 0.3) is 5.91 Å². The molecule has 7 nitrogen and oxygen atoms in total. The fourth-order valence-corrected chi connectivity index (χ4v) is 4.72. The molecule has 0 atom stereocenters. The highest BCUT2D eigenvalue weighted by molar-refractivity contribution is 6.30. The Bertz CT molecular complexity index is 1410. The molecule has 178 valence electrons. The Labute approximate surface area is 207 Å². The van der Waals surface area contributed by atoms with Crippen molar-refractivity contribution in [2.45, 2.75) is 25.7 Å². The van der Waals surface area contributed by atoms with Gasteiger partial charge in [-0.25, -0.2) is 19.0 Å². The minimum Gasteiger partial charge on any atom is -0.352 e. The van der Waals surface area contributed by atoms with Crippen molar-refractivity contribution in [2.24, 2.45) is 0 Å². The molecule has 0 spiro atoms. The molecule has 2 aromatic heterocycles. The van der Waals surface area contributed by atoms with Gasteiger partial charge in [-0.1, -0.05) is 11.6 Å². The minimum atomic E-state index is -0.290. The van der Waals surface area contributed by atoms with E-state index in [0.717, 1.165) is 46.9 Å². The lowest BCUT2D eigenvalue weighted by atomic mass is 10.1. The Morgan fingerprint density at radius 1 is 0.971 bits per heavy atom. The van der Waals surface area contributed by atoms with Crippen LogP contribution in [0, 0.1) is 12.7 Å². The monoisotopic (exact) mass is 490 g/mol. The largest absolute Gasteiger partial charge is 0.352 e. The lowest BCUT2D eigenvalue weighted by Gasteiger charge is -2.35. The highest BCUT2D eigenvalue weighted by Crippen LogP contribution is 2.40. The van der Waals surface area contributed by atoms with Crippen LogP contribution in [0.2, 0.25) is 5.02 Å². The molecule has 1 saturated carbocycles. The lowest BCUT2D eigenvalue weighted by molar-refractivity contribution is 0.0746. The number of rotatable bonds is 4. The topological polar surface area (TPSA) is 67.2 Å². The van der Waals surface area contributed by atoms with E-state index in [1.165, 1.54) is 12.1 Å². The number of hydrogen-bond acceptors (Lipinski definition) is 5. The van der Waals surface area contributed by atoms with Crippen LogP contribution in [0.1, 0.15) is 40.6 Å². The summed E-state index contributed by atoms with van der Waals surface area (Å²) in [7, 11) is 0. The average molecular weight is 491 g/mol. The van der Waals surface area contributed by atoms with Crippen LogP contribution in [0.5, 0.6) is 0 Å². The van der Waals surface area contributed by atoms with Gasteiger partial charge in [0.1, 0.15) is 17.5 Å². The van der Waals surface area contributed by atoms with Gasteiger partial charge in [-0.05, 0) is 68.3 Å². The van der Waals surface area contributed by atoms with Gasteiger partial charge in [-0.15, -0.1) is 0 Å². The van der Waals surface area contributed by atoms with Crippen LogP contribution in [-0.2, 0) is 0 Å². The third-order valence-corrected chi connectivity index (χ3v) is 6.92. The van der Waals surface area contributed by atoms with Gasteiger partial charge >= 0.3 is 0 Å². The fraction of sp³-hybridized carbons (Fsp3) is 0.308. The van der Waals surface area contributed by atoms with Crippen LogP contribution in [0.15, 0.2) is 48.5 Å². The molecule has 0 radical (unpaired) electrons.